The van der Waals surface area contributed by atoms with Crippen LogP contribution in [-0.4, -0.2) is 10.5 Å². The van der Waals surface area contributed by atoms with Crippen LogP contribution in [0.15, 0.2) is 56.6 Å². The average molecular weight is 404 g/mol. The lowest BCUT2D eigenvalue weighted by molar-refractivity contribution is 0.407. The molecule has 7 heteroatoms. The highest BCUT2D eigenvalue weighted by molar-refractivity contribution is 7.84. The van der Waals surface area contributed by atoms with Crippen LogP contribution in [-0.2, 0) is 17.2 Å². The maximum atomic E-state index is 14.1. The molecule has 2 aromatic carbocycles. The normalized spacial score (nSPS) is 12.0. The van der Waals surface area contributed by atoms with E-state index in [4.69, 9.17) is 9.15 Å². The zero-order chi connectivity index (χ0) is 20.4. The van der Waals surface area contributed by atoms with E-state index < -0.39 is 27.9 Å². The predicted octanol–water partition coefficient (Wildman–Crippen LogP) is 4.99. The highest BCUT2D eigenvalue weighted by Gasteiger charge is 2.21. The van der Waals surface area contributed by atoms with Gasteiger partial charge in [0.1, 0.15) is 11.6 Å². The molecule has 1 heterocycles. The fourth-order valence-electron chi connectivity index (χ4n) is 2.73. The Labute approximate surface area is 163 Å². The largest absolute Gasteiger partial charge is 0.457 e. The lowest BCUT2D eigenvalue weighted by Gasteiger charge is -2.14. The molecule has 0 bridgehead atoms. The van der Waals surface area contributed by atoms with E-state index in [-0.39, 0.29) is 17.3 Å². The van der Waals surface area contributed by atoms with Gasteiger partial charge in [-0.05, 0) is 43.3 Å². The van der Waals surface area contributed by atoms with Crippen LogP contribution in [0.4, 0.5) is 8.78 Å². The molecule has 0 saturated heterocycles. The molecule has 28 heavy (non-hydrogen) atoms. The van der Waals surface area contributed by atoms with Crippen molar-refractivity contribution in [3.8, 4) is 22.8 Å². The summed E-state index contributed by atoms with van der Waals surface area (Å²) in [5, 5.41) is 0. The third-order valence-electron chi connectivity index (χ3n) is 4.27. The predicted molar refractivity (Wildman–Crippen MR) is 103 cm³/mol. The van der Waals surface area contributed by atoms with Crippen molar-refractivity contribution >= 4 is 10.8 Å². The quantitative estimate of drug-likeness (QED) is 0.601. The molecule has 3 rings (SSSR count). The third kappa shape index (κ3) is 3.89. The summed E-state index contributed by atoms with van der Waals surface area (Å²) in [6.07, 6.45) is 2.04. The fraction of sp³-hybridized carbons (Fsp3) is 0.190. The molecule has 0 aliphatic rings. The van der Waals surface area contributed by atoms with Crippen molar-refractivity contribution in [3.63, 3.8) is 0 Å². The van der Waals surface area contributed by atoms with E-state index in [1.807, 2.05) is 6.92 Å². The summed E-state index contributed by atoms with van der Waals surface area (Å²) >= 11 is 0. The zero-order valence-corrected chi connectivity index (χ0v) is 16.4. The molecule has 146 valence electrons. The average Bonchev–Trinajstić information content (AvgIpc) is 2.67. The summed E-state index contributed by atoms with van der Waals surface area (Å²) in [5.41, 5.74) is 0.429. The summed E-state index contributed by atoms with van der Waals surface area (Å²) in [4.78, 5) is 13.5. The molecule has 1 unspecified atom stereocenters. The van der Waals surface area contributed by atoms with E-state index in [0.717, 1.165) is 12.1 Å². The van der Waals surface area contributed by atoms with Crippen LogP contribution >= 0.6 is 0 Å². The van der Waals surface area contributed by atoms with Crippen molar-refractivity contribution in [2.75, 3.05) is 6.26 Å². The number of aryl methyl sites for hydroxylation is 1. The van der Waals surface area contributed by atoms with Gasteiger partial charge in [0.05, 0.1) is 0 Å². The Morgan fingerprint density at radius 3 is 2.36 bits per heavy atom. The fourth-order valence-corrected chi connectivity index (χ4v) is 3.25. The zero-order valence-electron chi connectivity index (χ0n) is 15.5. The maximum absolute atomic E-state index is 14.1. The maximum Gasteiger partial charge on any atom is 0.231 e. The molecule has 0 saturated carbocycles. The van der Waals surface area contributed by atoms with Crippen molar-refractivity contribution in [1.29, 1.82) is 0 Å². The van der Waals surface area contributed by atoms with Gasteiger partial charge in [0.15, 0.2) is 17.3 Å². The number of ether oxygens (including phenoxy) is 1. The van der Waals surface area contributed by atoms with E-state index in [0.29, 0.717) is 34.3 Å². The van der Waals surface area contributed by atoms with E-state index >= 15 is 0 Å². The lowest BCUT2D eigenvalue weighted by atomic mass is 10.1. The van der Waals surface area contributed by atoms with Crippen molar-refractivity contribution < 1.29 is 22.1 Å². The molecule has 0 aliphatic carbocycles. The number of hydrogen-bond acceptors (Lipinski definition) is 4. The highest BCUT2D eigenvalue weighted by atomic mass is 32.2. The molecule has 0 fully saturated rings. The molecular weight excluding hydrogens is 386 g/mol. The SMILES string of the molecule is CCc1oc(-c2ccc(S(C)=O)cc2)c(Oc2ccc(F)cc2F)c(=O)c1C. The van der Waals surface area contributed by atoms with Gasteiger partial charge in [-0.2, -0.15) is 0 Å². The molecule has 1 aromatic heterocycles. The minimum atomic E-state index is -1.16. The van der Waals surface area contributed by atoms with Crippen LogP contribution in [0, 0.1) is 18.6 Å². The molecule has 0 aliphatic heterocycles. The number of benzene rings is 2. The smallest absolute Gasteiger partial charge is 0.231 e. The van der Waals surface area contributed by atoms with E-state index in [9.17, 15) is 17.8 Å². The van der Waals surface area contributed by atoms with Gasteiger partial charge in [0.2, 0.25) is 11.2 Å². The lowest BCUT2D eigenvalue weighted by Crippen LogP contribution is -2.13. The van der Waals surface area contributed by atoms with Gasteiger partial charge in [-0.1, -0.05) is 6.92 Å². The minimum absolute atomic E-state index is 0.129. The third-order valence-corrected chi connectivity index (χ3v) is 5.21. The van der Waals surface area contributed by atoms with Gasteiger partial charge in [0, 0.05) is 45.6 Å². The van der Waals surface area contributed by atoms with Crippen LogP contribution in [0.2, 0.25) is 0 Å². The second-order valence-electron chi connectivity index (χ2n) is 6.15. The highest BCUT2D eigenvalue weighted by Crippen LogP contribution is 2.34. The van der Waals surface area contributed by atoms with Gasteiger partial charge in [-0.3, -0.25) is 9.00 Å². The molecule has 1 atom stereocenters. The van der Waals surface area contributed by atoms with Gasteiger partial charge >= 0.3 is 0 Å². The number of halogens is 2. The van der Waals surface area contributed by atoms with Crippen LogP contribution in [0.1, 0.15) is 18.2 Å². The standard InChI is InChI=1S/C21H18F2O4S/c1-4-17-12(2)19(24)21(27-18-10-7-14(22)11-16(18)23)20(26-17)13-5-8-15(9-6-13)28(3)25/h5-11H,4H2,1-3H3. The number of rotatable bonds is 5. The van der Waals surface area contributed by atoms with E-state index in [2.05, 4.69) is 0 Å². The summed E-state index contributed by atoms with van der Waals surface area (Å²) in [6.45, 7) is 3.45. The van der Waals surface area contributed by atoms with Crippen molar-refractivity contribution in [1.82, 2.24) is 0 Å². The Bertz CT molecular complexity index is 1100. The topological polar surface area (TPSA) is 56.5 Å². The summed E-state index contributed by atoms with van der Waals surface area (Å²) in [6, 6.07) is 9.43. The van der Waals surface area contributed by atoms with Gasteiger partial charge in [-0.25, -0.2) is 8.78 Å². The molecule has 0 N–H and O–H groups in total. The Kier molecular flexibility index (Phi) is 5.74. The first-order chi connectivity index (χ1) is 13.3. The van der Waals surface area contributed by atoms with Gasteiger partial charge in [0.25, 0.3) is 0 Å². The van der Waals surface area contributed by atoms with Crippen molar-refractivity contribution in [2.45, 2.75) is 25.2 Å². The minimum Gasteiger partial charge on any atom is -0.457 e. The van der Waals surface area contributed by atoms with E-state index in [1.54, 1.807) is 37.4 Å². The first-order valence-electron chi connectivity index (χ1n) is 8.55. The Hall–Kier alpha value is -2.80. The van der Waals surface area contributed by atoms with Crippen molar-refractivity contribution in [3.05, 3.63) is 75.6 Å². The first-order valence-corrected chi connectivity index (χ1v) is 10.1. The van der Waals surface area contributed by atoms with Crippen LogP contribution in [0.5, 0.6) is 11.5 Å². The van der Waals surface area contributed by atoms with Crippen LogP contribution in [0.25, 0.3) is 11.3 Å². The van der Waals surface area contributed by atoms with Gasteiger partial charge < -0.3 is 9.15 Å². The number of hydrogen-bond donors (Lipinski definition) is 0. The molecule has 4 nitrogen and oxygen atoms in total. The summed E-state index contributed by atoms with van der Waals surface area (Å²) in [5.74, 6) is -1.55. The molecular formula is C21H18F2O4S. The summed E-state index contributed by atoms with van der Waals surface area (Å²) in [7, 11) is -1.16. The first kappa shape index (κ1) is 19.9. The molecule has 0 amide bonds. The Balaban J connectivity index is 2.18. The van der Waals surface area contributed by atoms with Crippen LogP contribution in [0.3, 0.4) is 0 Å². The molecule has 3 aromatic rings. The van der Waals surface area contributed by atoms with Crippen LogP contribution < -0.4 is 10.2 Å². The van der Waals surface area contributed by atoms with E-state index in [1.165, 1.54) is 0 Å². The monoisotopic (exact) mass is 404 g/mol. The Morgan fingerprint density at radius 2 is 1.79 bits per heavy atom. The molecule has 0 spiro atoms. The Morgan fingerprint density at radius 1 is 1.11 bits per heavy atom. The van der Waals surface area contributed by atoms with Gasteiger partial charge in [-0.15, -0.1) is 0 Å². The molecule has 0 radical (unpaired) electrons. The van der Waals surface area contributed by atoms with Crippen molar-refractivity contribution in [2.24, 2.45) is 0 Å². The second kappa shape index (κ2) is 8.06. The second-order valence-corrected chi connectivity index (χ2v) is 7.53. The summed E-state index contributed by atoms with van der Waals surface area (Å²) < 4.78 is 50.3.